The van der Waals surface area contributed by atoms with Gasteiger partial charge in [-0.3, -0.25) is 0 Å². The van der Waals surface area contributed by atoms with Gasteiger partial charge in [-0.25, -0.2) is 4.79 Å². The summed E-state index contributed by atoms with van der Waals surface area (Å²) in [5.41, 5.74) is 3.57. The van der Waals surface area contributed by atoms with Gasteiger partial charge >= 0.3 is 6.03 Å². The second-order valence-electron chi connectivity index (χ2n) is 7.03. The van der Waals surface area contributed by atoms with Gasteiger partial charge in [0.05, 0.1) is 6.04 Å². The Balaban J connectivity index is 1.55. The number of carbonyl (C=O) groups excluding carboxylic acids is 1. The van der Waals surface area contributed by atoms with E-state index in [0.29, 0.717) is 24.8 Å². The van der Waals surface area contributed by atoms with E-state index in [0.717, 1.165) is 18.4 Å². The molecule has 2 heterocycles. The van der Waals surface area contributed by atoms with Gasteiger partial charge in [-0.2, -0.15) is 4.98 Å². The van der Waals surface area contributed by atoms with Gasteiger partial charge in [0, 0.05) is 19.0 Å². The Kier molecular flexibility index (Phi) is 5.06. The molecule has 1 aromatic carbocycles. The monoisotopic (exact) mass is 342 g/mol. The van der Waals surface area contributed by atoms with Crippen LogP contribution in [0.15, 0.2) is 22.7 Å². The Morgan fingerprint density at radius 1 is 1.20 bits per heavy atom. The Bertz CT molecular complexity index is 727. The van der Waals surface area contributed by atoms with Crippen molar-refractivity contribution in [1.29, 1.82) is 0 Å². The maximum Gasteiger partial charge on any atom is 0.317 e. The van der Waals surface area contributed by atoms with E-state index in [1.807, 2.05) is 18.7 Å². The first-order valence-corrected chi connectivity index (χ1v) is 8.86. The number of piperidine rings is 1. The topological polar surface area (TPSA) is 71.3 Å². The van der Waals surface area contributed by atoms with Crippen molar-refractivity contribution >= 4 is 6.03 Å². The van der Waals surface area contributed by atoms with Crippen LogP contribution >= 0.6 is 0 Å². The second-order valence-corrected chi connectivity index (χ2v) is 7.03. The molecule has 0 bridgehead atoms. The van der Waals surface area contributed by atoms with E-state index in [1.165, 1.54) is 11.1 Å². The molecule has 6 heteroatoms. The van der Waals surface area contributed by atoms with Crippen molar-refractivity contribution in [3.05, 3.63) is 46.6 Å². The highest BCUT2D eigenvalue weighted by Gasteiger charge is 2.27. The molecule has 25 heavy (non-hydrogen) atoms. The molecule has 0 saturated carbocycles. The van der Waals surface area contributed by atoms with E-state index in [-0.39, 0.29) is 18.0 Å². The first-order valence-electron chi connectivity index (χ1n) is 8.86. The lowest BCUT2D eigenvalue weighted by molar-refractivity contribution is 0.172. The normalized spacial score (nSPS) is 16.7. The van der Waals surface area contributed by atoms with E-state index >= 15 is 0 Å². The van der Waals surface area contributed by atoms with E-state index < -0.39 is 0 Å². The minimum Gasteiger partial charge on any atom is -0.339 e. The van der Waals surface area contributed by atoms with Gasteiger partial charge in [-0.15, -0.1) is 0 Å². The molecule has 0 unspecified atom stereocenters. The van der Waals surface area contributed by atoms with Gasteiger partial charge in [-0.05, 0) is 46.1 Å². The van der Waals surface area contributed by atoms with Crippen molar-refractivity contribution < 1.29 is 9.32 Å². The average Bonchev–Trinajstić information content (AvgIpc) is 3.00. The zero-order chi connectivity index (χ0) is 18.0. The van der Waals surface area contributed by atoms with Crippen molar-refractivity contribution in [2.75, 3.05) is 13.1 Å². The molecule has 0 aliphatic carbocycles. The summed E-state index contributed by atoms with van der Waals surface area (Å²) in [6.45, 7) is 9.42. The molecule has 134 valence electrons. The van der Waals surface area contributed by atoms with Crippen LogP contribution in [0.3, 0.4) is 0 Å². The molecule has 1 aromatic heterocycles. The van der Waals surface area contributed by atoms with Gasteiger partial charge in [0.1, 0.15) is 0 Å². The van der Waals surface area contributed by atoms with Crippen LogP contribution in [0.2, 0.25) is 0 Å². The highest BCUT2D eigenvalue weighted by molar-refractivity contribution is 5.74. The SMILES string of the molecule is Cc1cc(C)cc([C@@H](C)NC(=O)N2CCC(c3nc(C)no3)CC2)c1. The maximum atomic E-state index is 12.6. The number of nitrogens with zero attached hydrogens (tertiary/aromatic N) is 3. The minimum atomic E-state index is -0.0117. The first kappa shape index (κ1) is 17.5. The number of aryl methyl sites for hydroxylation is 3. The Hall–Kier alpha value is -2.37. The molecule has 0 spiro atoms. The van der Waals surface area contributed by atoms with Crippen LogP contribution in [-0.4, -0.2) is 34.2 Å². The Morgan fingerprint density at radius 3 is 2.40 bits per heavy atom. The number of nitrogens with one attached hydrogen (secondary N) is 1. The van der Waals surface area contributed by atoms with Crippen molar-refractivity contribution in [1.82, 2.24) is 20.4 Å². The third kappa shape index (κ3) is 4.18. The summed E-state index contributed by atoms with van der Waals surface area (Å²) in [7, 11) is 0. The number of hydrogen-bond donors (Lipinski definition) is 1. The third-order valence-corrected chi connectivity index (χ3v) is 4.76. The standard InChI is InChI=1S/C19H26N4O2/c1-12-9-13(2)11-17(10-12)14(3)20-19(24)23-7-5-16(6-8-23)18-21-15(4)22-25-18/h9-11,14,16H,5-8H2,1-4H3,(H,20,24)/t14-/m1/s1. The van der Waals surface area contributed by atoms with E-state index in [9.17, 15) is 4.79 Å². The van der Waals surface area contributed by atoms with Crippen LogP contribution in [0.5, 0.6) is 0 Å². The second kappa shape index (κ2) is 7.25. The van der Waals surface area contributed by atoms with Crippen molar-refractivity contribution in [2.24, 2.45) is 0 Å². The number of urea groups is 1. The third-order valence-electron chi connectivity index (χ3n) is 4.76. The fourth-order valence-corrected chi connectivity index (χ4v) is 3.43. The van der Waals surface area contributed by atoms with Crippen LogP contribution in [0.1, 0.15) is 60.1 Å². The number of hydrogen-bond acceptors (Lipinski definition) is 4. The minimum absolute atomic E-state index is 0.00758. The summed E-state index contributed by atoms with van der Waals surface area (Å²) in [5.74, 6) is 1.61. The lowest BCUT2D eigenvalue weighted by Gasteiger charge is -2.31. The number of benzene rings is 1. The van der Waals surface area contributed by atoms with Gasteiger partial charge in [0.15, 0.2) is 5.82 Å². The summed E-state index contributed by atoms with van der Waals surface area (Å²) in [5, 5.41) is 6.97. The molecule has 1 saturated heterocycles. The summed E-state index contributed by atoms with van der Waals surface area (Å²) in [4.78, 5) is 18.7. The van der Waals surface area contributed by atoms with Crippen LogP contribution in [0.25, 0.3) is 0 Å². The van der Waals surface area contributed by atoms with Gasteiger partial charge in [0.2, 0.25) is 5.89 Å². The predicted molar refractivity (Wildman–Crippen MR) is 95.4 cm³/mol. The number of likely N-dealkylation sites (tertiary alicyclic amines) is 1. The summed E-state index contributed by atoms with van der Waals surface area (Å²) in [6, 6.07) is 6.38. The maximum absolute atomic E-state index is 12.6. The predicted octanol–water partition coefficient (Wildman–Crippen LogP) is 3.65. The molecule has 3 rings (SSSR count). The highest BCUT2D eigenvalue weighted by Crippen LogP contribution is 2.27. The summed E-state index contributed by atoms with van der Waals surface area (Å²) >= 11 is 0. The molecule has 1 aliphatic heterocycles. The fraction of sp³-hybridized carbons (Fsp3) is 0.526. The van der Waals surface area contributed by atoms with Crippen LogP contribution in [-0.2, 0) is 0 Å². The molecule has 2 aromatic rings. The van der Waals surface area contributed by atoms with Crippen LogP contribution in [0, 0.1) is 20.8 Å². The number of aromatic nitrogens is 2. The number of carbonyl (C=O) groups is 1. The van der Waals surface area contributed by atoms with E-state index in [1.54, 1.807) is 0 Å². The summed E-state index contributed by atoms with van der Waals surface area (Å²) < 4.78 is 5.26. The molecule has 6 nitrogen and oxygen atoms in total. The van der Waals surface area contributed by atoms with Crippen LogP contribution in [0.4, 0.5) is 4.79 Å². The van der Waals surface area contributed by atoms with Crippen LogP contribution < -0.4 is 5.32 Å². The Morgan fingerprint density at radius 2 is 1.84 bits per heavy atom. The van der Waals surface area contributed by atoms with Gasteiger partial charge < -0.3 is 14.7 Å². The smallest absolute Gasteiger partial charge is 0.317 e. The fourth-order valence-electron chi connectivity index (χ4n) is 3.43. The molecule has 1 fully saturated rings. The van der Waals surface area contributed by atoms with Crippen molar-refractivity contribution in [3.8, 4) is 0 Å². The molecular weight excluding hydrogens is 316 g/mol. The number of rotatable bonds is 3. The molecule has 0 radical (unpaired) electrons. The van der Waals surface area contributed by atoms with Crippen molar-refractivity contribution in [3.63, 3.8) is 0 Å². The zero-order valence-corrected chi connectivity index (χ0v) is 15.4. The first-order chi connectivity index (χ1) is 11.9. The Labute approximate surface area is 148 Å². The van der Waals surface area contributed by atoms with Gasteiger partial charge in [0.25, 0.3) is 0 Å². The number of amides is 2. The molecule has 1 N–H and O–H groups in total. The molecule has 2 amide bonds. The molecule has 1 atom stereocenters. The van der Waals surface area contributed by atoms with E-state index in [4.69, 9.17) is 4.52 Å². The lowest BCUT2D eigenvalue weighted by atomic mass is 9.97. The van der Waals surface area contributed by atoms with Crippen molar-refractivity contribution in [2.45, 2.75) is 52.5 Å². The quantitative estimate of drug-likeness (QED) is 0.924. The largest absolute Gasteiger partial charge is 0.339 e. The summed E-state index contributed by atoms with van der Waals surface area (Å²) in [6.07, 6.45) is 1.71. The lowest BCUT2D eigenvalue weighted by Crippen LogP contribution is -2.44. The van der Waals surface area contributed by atoms with E-state index in [2.05, 4.69) is 47.5 Å². The molecule has 1 aliphatic rings. The zero-order valence-electron chi connectivity index (χ0n) is 15.4. The van der Waals surface area contributed by atoms with Gasteiger partial charge in [-0.1, -0.05) is 34.5 Å². The average molecular weight is 342 g/mol. The highest BCUT2D eigenvalue weighted by atomic mass is 16.5. The molecular formula is C19H26N4O2.